The quantitative estimate of drug-likeness (QED) is 0.874. The van der Waals surface area contributed by atoms with Crippen molar-refractivity contribution in [1.29, 1.82) is 0 Å². The minimum absolute atomic E-state index is 0.283. The van der Waals surface area contributed by atoms with Gasteiger partial charge in [0, 0.05) is 30.6 Å². The Labute approximate surface area is 98.7 Å². The second-order valence-electron chi connectivity index (χ2n) is 3.89. The van der Waals surface area contributed by atoms with E-state index in [4.69, 9.17) is 5.11 Å². The first-order valence-corrected chi connectivity index (χ1v) is 6.44. The van der Waals surface area contributed by atoms with Crippen LogP contribution in [0.1, 0.15) is 12.0 Å². The van der Waals surface area contributed by atoms with Crippen LogP contribution in [-0.4, -0.2) is 34.7 Å². The molecular formula is C11H15FN2OS. The molecular weight excluding hydrogens is 227 g/mol. The van der Waals surface area contributed by atoms with Crippen molar-refractivity contribution in [3.05, 3.63) is 23.6 Å². The zero-order valence-corrected chi connectivity index (χ0v) is 10.0. The summed E-state index contributed by atoms with van der Waals surface area (Å²) < 4.78 is 13.9. The molecule has 1 saturated heterocycles. The predicted molar refractivity (Wildman–Crippen MR) is 64.3 cm³/mol. The molecule has 1 aromatic heterocycles. The third-order valence-electron chi connectivity index (χ3n) is 2.91. The molecule has 1 N–H and O–H groups in total. The molecule has 0 spiro atoms. The molecule has 0 bridgehead atoms. The predicted octanol–water partition coefficient (Wildman–Crippen LogP) is 1.65. The Balaban J connectivity index is 2.25. The Morgan fingerprint density at radius 2 is 2.50 bits per heavy atom. The van der Waals surface area contributed by atoms with Crippen LogP contribution in [0.15, 0.2) is 12.3 Å². The first kappa shape index (κ1) is 11.7. The van der Waals surface area contributed by atoms with E-state index in [0.717, 1.165) is 17.9 Å². The minimum atomic E-state index is -0.399. The van der Waals surface area contributed by atoms with E-state index in [1.165, 1.54) is 6.07 Å². The highest BCUT2D eigenvalue weighted by Gasteiger charge is 2.23. The minimum Gasteiger partial charge on any atom is -0.392 e. The van der Waals surface area contributed by atoms with Crippen molar-refractivity contribution in [2.75, 3.05) is 23.5 Å². The van der Waals surface area contributed by atoms with Crippen molar-refractivity contribution in [3.63, 3.8) is 0 Å². The Kier molecular flexibility index (Phi) is 3.66. The Morgan fingerprint density at radius 3 is 3.12 bits per heavy atom. The standard InChI is InChI=1S/C11H15FN2OS/c1-14(9-3-5-16-7-9)11-10(12)8(6-15)2-4-13-11/h2,4,9,15H,3,5-7H2,1H3. The summed E-state index contributed by atoms with van der Waals surface area (Å²) in [6.07, 6.45) is 2.61. The van der Waals surface area contributed by atoms with Crippen molar-refractivity contribution in [2.24, 2.45) is 0 Å². The SMILES string of the molecule is CN(c1nccc(CO)c1F)C1CCSC1. The topological polar surface area (TPSA) is 36.4 Å². The molecule has 0 amide bonds. The number of rotatable bonds is 3. The van der Waals surface area contributed by atoms with Gasteiger partial charge < -0.3 is 10.0 Å². The summed E-state index contributed by atoms with van der Waals surface area (Å²) in [5.41, 5.74) is 0.308. The molecule has 2 rings (SSSR count). The number of nitrogens with zero attached hydrogens (tertiary/aromatic N) is 2. The molecule has 0 aliphatic carbocycles. The maximum atomic E-state index is 13.9. The maximum absolute atomic E-state index is 13.9. The molecule has 0 radical (unpaired) electrons. The zero-order valence-electron chi connectivity index (χ0n) is 9.19. The van der Waals surface area contributed by atoms with Crippen LogP contribution in [-0.2, 0) is 6.61 Å². The van der Waals surface area contributed by atoms with E-state index < -0.39 is 5.82 Å². The van der Waals surface area contributed by atoms with E-state index in [2.05, 4.69) is 4.98 Å². The van der Waals surface area contributed by atoms with Gasteiger partial charge in [-0.1, -0.05) is 0 Å². The zero-order chi connectivity index (χ0) is 11.5. The molecule has 1 atom stereocenters. The second-order valence-corrected chi connectivity index (χ2v) is 5.04. The van der Waals surface area contributed by atoms with Gasteiger partial charge in [-0.15, -0.1) is 0 Å². The highest BCUT2D eigenvalue weighted by molar-refractivity contribution is 7.99. The number of aromatic nitrogens is 1. The highest BCUT2D eigenvalue weighted by atomic mass is 32.2. The first-order chi connectivity index (χ1) is 7.74. The van der Waals surface area contributed by atoms with Crippen molar-refractivity contribution in [2.45, 2.75) is 19.1 Å². The van der Waals surface area contributed by atoms with Crippen molar-refractivity contribution >= 4 is 17.6 Å². The monoisotopic (exact) mass is 242 g/mol. The summed E-state index contributed by atoms with van der Waals surface area (Å²) in [4.78, 5) is 5.95. The van der Waals surface area contributed by atoms with Gasteiger partial charge in [-0.2, -0.15) is 11.8 Å². The van der Waals surface area contributed by atoms with Crippen LogP contribution in [0.3, 0.4) is 0 Å². The summed E-state index contributed by atoms with van der Waals surface area (Å²) in [7, 11) is 1.86. The van der Waals surface area contributed by atoms with Gasteiger partial charge in [0.25, 0.3) is 0 Å². The lowest BCUT2D eigenvalue weighted by Crippen LogP contribution is -2.32. The number of pyridine rings is 1. The molecule has 0 saturated carbocycles. The number of halogens is 1. The molecule has 1 fully saturated rings. The van der Waals surface area contributed by atoms with Gasteiger partial charge in [0.1, 0.15) is 0 Å². The third kappa shape index (κ3) is 2.15. The molecule has 5 heteroatoms. The molecule has 1 aliphatic heterocycles. The lowest BCUT2D eigenvalue weighted by atomic mass is 10.2. The Morgan fingerprint density at radius 1 is 1.69 bits per heavy atom. The van der Waals surface area contributed by atoms with E-state index in [-0.39, 0.29) is 6.61 Å². The molecule has 3 nitrogen and oxygen atoms in total. The number of aliphatic hydroxyl groups excluding tert-OH is 1. The van der Waals surface area contributed by atoms with E-state index >= 15 is 0 Å². The first-order valence-electron chi connectivity index (χ1n) is 5.29. The van der Waals surface area contributed by atoms with E-state index in [1.807, 2.05) is 23.7 Å². The molecule has 1 unspecified atom stereocenters. The second kappa shape index (κ2) is 5.01. The van der Waals surface area contributed by atoms with E-state index in [9.17, 15) is 4.39 Å². The van der Waals surface area contributed by atoms with Gasteiger partial charge >= 0.3 is 0 Å². The lowest BCUT2D eigenvalue weighted by Gasteiger charge is -2.25. The number of thioether (sulfide) groups is 1. The van der Waals surface area contributed by atoms with Crippen LogP contribution in [0, 0.1) is 5.82 Å². The van der Waals surface area contributed by atoms with Crippen molar-refractivity contribution in [1.82, 2.24) is 4.98 Å². The van der Waals surface area contributed by atoms with Crippen LogP contribution < -0.4 is 4.90 Å². The Bertz CT molecular complexity index is 369. The smallest absolute Gasteiger partial charge is 0.171 e. The average Bonchev–Trinajstić information content (AvgIpc) is 2.82. The van der Waals surface area contributed by atoms with E-state index in [1.54, 1.807) is 6.20 Å². The number of hydrogen-bond donors (Lipinski definition) is 1. The van der Waals surface area contributed by atoms with Gasteiger partial charge in [0.15, 0.2) is 11.6 Å². The van der Waals surface area contributed by atoms with Gasteiger partial charge in [-0.25, -0.2) is 9.37 Å². The fourth-order valence-corrected chi connectivity index (χ4v) is 3.11. The number of anilines is 1. The summed E-state index contributed by atoms with van der Waals surface area (Å²) in [5, 5.41) is 9.00. The van der Waals surface area contributed by atoms with Gasteiger partial charge in [0.05, 0.1) is 6.61 Å². The molecule has 0 aromatic carbocycles. The van der Waals surface area contributed by atoms with Crippen molar-refractivity contribution < 1.29 is 9.50 Å². The lowest BCUT2D eigenvalue weighted by molar-refractivity contribution is 0.275. The normalized spacial score (nSPS) is 20.1. The largest absolute Gasteiger partial charge is 0.392 e. The number of hydrogen-bond acceptors (Lipinski definition) is 4. The fourth-order valence-electron chi connectivity index (χ4n) is 1.84. The summed E-state index contributed by atoms with van der Waals surface area (Å²) in [6.45, 7) is -0.283. The molecule has 88 valence electrons. The molecule has 2 heterocycles. The van der Waals surface area contributed by atoms with Crippen LogP contribution in [0.5, 0.6) is 0 Å². The van der Waals surface area contributed by atoms with Gasteiger partial charge in [-0.3, -0.25) is 0 Å². The molecule has 1 aromatic rings. The molecule has 16 heavy (non-hydrogen) atoms. The third-order valence-corrected chi connectivity index (χ3v) is 4.05. The van der Waals surface area contributed by atoms with Crippen LogP contribution in [0.4, 0.5) is 10.2 Å². The van der Waals surface area contributed by atoms with Crippen LogP contribution >= 0.6 is 11.8 Å². The van der Waals surface area contributed by atoms with Gasteiger partial charge in [0.2, 0.25) is 0 Å². The Hall–Kier alpha value is -0.810. The van der Waals surface area contributed by atoms with E-state index in [0.29, 0.717) is 17.4 Å². The number of aliphatic hydroxyl groups is 1. The summed E-state index contributed by atoms with van der Waals surface area (Å²) in [6, 6.07) is 1.86. The van der Waals surface area contributed by atoms with Crippen LogP contribution in [0.25, 0.3) is 0 Å². The highest BCUT2D eigenvalue weighted by Crippen LogP contribution is 2.27. The summed E-state index contributed by atoms with van der Waals surface area (Å²) in [5.74, 6) is 2.08. The summed E-state index contributed by atoms with van der Waals surface area (Å²) >= 11 is 1.88. The van der Waals surface area contributed by atoms with Crippen LogP contribution in [0.2, 0.25) is 0 Å². The average molecular weight is 242 g/mol. The maximum Gasteiger partial charge on any atom is 0.171 e. The molecule has 1 aliphatic rings. The van der Waals surface area contributed by atoms with Gasteiger partial charge in [-0.05, 0) is 18.2 Å². The fraction of sp³-hybridized carbons (Fsp3) is 0.545. The van der Waals surface area contributed by atoms with Crippen molar-refractivity contribution in [3.8, 4) is 0 Å².